The van der Waals surface area contributed by atoms with Crippen LogP contribution in [0.25, 0.3) is 0 Å². The minimum absolute atomic E-state index is 0.431. The summed E-state index contributed by atoms with van der Waals surface area (Å²) in [6, 6.07) is 0. The van der Waals surface area contributed by atoms with E-state index >= 15 is 0 Å². The average molecular weight is 582 g/mol. The van der Waals surface area contributed by atoms with E-state index in [1.165, 1.54) is 77.0 Å². The van der Waals surface area contributed by atoms with E-state index in [1.807, 2.05) is 0 Å². The molecule has 240 valence electrons. The molecule has 7 nitrogen and oxygen atoms in total. The number of rotatable bonds is 29. The van der Waals surface area contributed by atoms with Crippen LogP contribution < -0.4 is 5.11 Å². The van der Waals surface area contributed by atoms with Crippen LogP contribution in [0.5, 0.6) is 0 Å². The van der Waals surface area contributed by atoms with Gasteiger partial charge in [-0.2, -0.15) is 0 Å². The molecule has 0 amide bonds. The van der Waals surface area contributed by atoms with Gasteiger partial charge in [0.15, 0.2) is 0 Å². The van der Waals surface area contributed by atoms with Crippen molar-refractivity contribution in [3.8, 4) is 0 Å². The number of carboxylic acid groups (broad SMARTS) is 3. The normalized spacial score (nSPS) is 15.4. The van der Waals surface area contributed by atoms with E-state index in [9.17, 15) is 29.7 Å². The van der Waals surface area contributed by atoms with E-state index in [0.29, 0.717) is 43.4 Å². The van der Waals surface area contributed by atoms with Crippen LogP contribution in [-0.4, -0.2) is 58.8 Å². The van der Waals surface area contributed by atoms with Crippen molar-refractivity contribution in [3.05, 3.63) is 12.2 Å². The van der Waals surface area contributed by atoms with Crippen molar-refractivity contribution < 1.29 is 34.2 Å². The van der Waals surface area contributed by atoms with Crippen LogP contribution in [0.15, 0.2) is 12.2 Å². The van der Waals surface area contributed by atoms with Crippen LogP contribution >= 0.6 is 0 Å². The van der Waals surface area contributed by atoms with Gasteiger partial charge in [0.25, 0.3) is 0 Å². The van der Waals surface area contributed by atoms with Crippen molar-refractivity contribution in [1.29, 1.82) is 0 Å². The van der Waals surface area contributed by atoms with Crippen LogP contribution in [0.2, 0.25) is 0 Å². The lowest BCUT2D eigenvalue weighted by Gasteiger charge is -2.41. The number of carbonyl (C=O) groups excluding carboxylic acids is 1. The number of carbonyl (C=O) groups is 3. The smallest absolute Gasteiger partial charge is 0.306 e. The van der Waals surface area contributed by atoms with Gasteiger partial charge in [-0.15, -0.1) is 0 Å². The largest absolute Gasteiger partial charge is 0.550 e. The summed E-state index contributed by atoms with van der Waals surface area (Å²) in [6.07, 6.45) is 25.0. The van der Waals surface area contributed by atoms with E-state index in [0.717, 1.165) is 25.8 Å². The van der Waals surface area contributed by atoms with Crippen LogP contribution in [0.3, 0.4) is 0 Å². The highest BCUT2D eigenvalue weighted by Crippen LogP contribution is 2.21. The Morgan fingerprint density at radius 3 is 1.34 bits per heavy atom. The molecule has 0 saturated heterocycles. The molecule has 3 atom stereocenters. The van der Waals surface area contributed by atoms with Crippen molar-refractivity contribution >= 4 is 17.9 Å². The first-order valence-electron chi connectivity index (χ1n) is 16.7. The standard InChI is InChI=1S/C34H63NO6/c1-5-6-7-8-9-10-11-12-13-14-15-16-17-18-19-20-21-25-35(26-22-29(2)32(36)37,27-23-30(3)33(38)39)28-24-31(4)34(40)41/h18-19,29-31H,5-17,20-28H2,1-4H3,(H2-,36,37,38,39,40,41)/b19-18+. The Labute approximate surface area is 251 Å². The Hall–Kier alpha value is -1.89. The van der Waals surface area contributed by atoms with Gasteiger partial charge in [-0.05, 0) is 19.3 Å². The van der Waals surface area contributed by atoms with Gasteiger partial charge < -0.3 is 24.6 Å². The third-order valence-corrected chi connectivity index (χ3v) is 8.75. The lowest BCUT2D eigenvalue weighted by atomic mass is 10.0. The van der Waals surface area contributed by atoms with Gasteiger partial charge in [0.1, 0.15) is 0 Å². The number of hydrogen-bond donors (Lipinski definition) is 2. The fraction of sp³-hybridized carbons (Fsp3) is 0.853. The molecule has 0 aromatic rings. The van der Waals surface area contributed by atoms with E-state index in [-0.39, 0.29) is 0 Å². The van der Waals surface area contributed by atoms with E-state index in [1.54, 1.807) is 20.8 Å². The SMILES string of the molecule is CCCCCCCCCCCCCC/C=C/CCC[N+](CCC(C)C(=O)[O-])(CCC(C)C(=O)O)CCC(C)C(=O)O. The summed E-state index contributed by atoms with van der Waals surface area (Å²) >= 11 is 0. The van der Waals surface area contributed by atoms with Gasteiger partial charge in [-0.25, -0.2) is 0 Å². The molecule has 3 unspecified atom stereocenters. The lowest BCUT2D eigenvalue weighted by Crippen LogP contribution is -2.52. The monoisotopic (exact) mass is 581 g/mol. The molecule has 0 aliphatic rings. The Kier molecular flexibility index (Phi) is 23.5. The molecule has 0 radical (unpaired) electrons. The van der Waals surface area contributed by atoms with E-state index < -0.39 is 35.7 Å². The molecule has 0 aromatic carbocycles. The molecule has 0 rings (SSSR count). The quantitative estimate of drug-likeness (QED) is 0.0547. The van der Waals surface area contributed by atoms with Crippen LogP contribution in [0, 0.1) is 17.8 Å². The first kappa shape index (κ1) is 39.1. The van der Waals surface area contributed by atoms with Crippen LogP contribution in [0.4, 0.5) is 0 Å². The lowest BCUT2D eigenvalue weighted by molar-refractivity contribution is -0.929. The maximum absolute atomic E-state index is 11.5. The molecule has 0 heterocycles. The van der Waals surface area contributed by atoms with Crippen molar-refractivity contribution in [2.45, 2.75) is 143 Å². The summed E-state index contributed by atoms with van der Waals surface area (Å²) in [5.74, 6) is -4.37. The summed E-state index contributed by atoms with van der Waals surface area (Å²) in [6.45, 7) is 9.85. The van der Waals surface area contributed by atoms with Gasteiger partial charge in [0, 0.05) is 37.6 Å². The Morgan fingerprint density at radius 2 is 0.951 bits per heavy atom. The molecule has 41 heavy (non-hydrogen) atoms. The fourth-order valence-corrected chi connectivity index (χ4v) is 5.32. The van der Waals surface area contributed by atoms with Crippen molar-refractivity contribution in [3.63, 3.8) is 0 Å². The van der Waals surface area contributed by atoms with Gasteiger partial charge in [0.05, 0.1) is 38.0 Å². The van der Waals surface area contributed by atoms with Gasteiger partial charge in [-0.1, -0.05) is 110 Å². The third-order valence-electron chi connectivity index (χ3n) is 8.75. The molecule has 2 N–H and O–H groups in total. The van der Waals surface area contributed by atoms with Gasteiger partial charge in [-0.3, -0.25) is 9.59 Å². The number of hydrogen-bond acceptors (Lipinski definition) is 4. The molecular weight excluding hydrogens is 518 g/mol. The minimum Gasteiger partial charge on any atom is -0.550 e. The summed E-state index contributed by atoms with van der Waals surface area (Å²) < 4.78 is 0.555. The molecule has 0 aliphatic carbocycles. The highest BCUT2D eigenvalue weighted by Gasteiger charge is 2.30. The first-order valence-corrected chi connectivity index (χ1v) is 16.7. The predicted molar refractivity (Wildman–Crippen MR) is 165 cm³/mol. The Balaban J connectivity index is 4.64. The molecule has 0 aliphatic heterocycles. The number of quaternary nitrogens is 1. The fourth-order valence-electron chi connectivity index (χ4n) is 5.32. The number of carboxylic acids is 3. The molecule has 0 aromatic heterocycles. The number of allylic oxidation sites excluding steroid dienone is 2. The van der Waals surface area contributed by atoms with E-state index in [2.05, 4.69) is 19.1 Å². The van der Waals surface area contributed by atoms with Gasteiger partial charge >= 0.3 is 11.9 Å². The van der Waals surface area contributed by atoms with Crippen LogP contribution in [-0.2, 0) is 14.4 Å². The number of aliphatic carboxylic acids is 3. The Bertz CT molecular complexity index is 662. The number of unbranched alkanes of at least 4 members (excludes halogenated alkanes) is 13. The molecular formula is C34H63NO6. The number of nitrogens with zero attached hydrogens (tertiary/aromatic N) is 1. The molecule has 0 spiro atoms. The molecule has 0 bridgehead atoms. The second-order valence-electron chi connectivity index (χ2n) is 12.6. The van der Waals surface area contributed by atoms with Crippen molar-refractivity contribution in [2.24, 2.45) is 17.8 Å². The second kappa shape index (κ2) is 24.7. The molecule has 0 saturated carbocycles. The second-order valence-corrected chi connectivity index (χ2v) is 12.6. The highest BCUT2D eigenvalue weighted by molar-refractivity contribution is 5.69. The maximum Gasteiger partial charge on any atom is 0.306 e. The molecule has 7 heteroatoms. The van der Waals surface area contributed by atoms with E-state index in [4.69, 9.17) is 0 Å². The van der Waals surface area contributed by atoms with Crippen molar-refractivity contribution in [1.82, 2.24) is 0 Å². The van der Waals surface area contributed by atoms with Crippen molar-refractivity contribution in [2.75, 3.05) is 26.2 Å². The van der Waals surface area contributed by atoms with Gasteiger partial charge in [0.2, 0.25) is 0 Å². The minimum atomic E-state index is -1.08. The maximum atomic E-state index is 11.5. The summed E-state index contributed by atoms with van der Waals surface area (Å²) in [5, 5.41) is 30.2. The first-order chi connectivity index (χ1) is 19.5. The summed E-state index contributed by atoms with van der Waals surface area (Å²) in [7, 11) is 0. The zero-order valence-corrected chi connectivity index (χ0v) is 26.9. The average Bonchev–Trinajstić information content (AvgIpc) is 2.94. The highest BCUT2D eigenvalue weighted by atomic mass is 16.4. The predicted octanol–water partition coefficient (Wildman–Crippen LogP) is 7.23. The molecule has 0 fully saturated rings. The summed E-state index contributed by atoms with van der Waals surface area (Å²) in [4.78, 5) is 34.3. The Morgan fingerprint density at radius 1 is 0.585 bits per heavy atom. The zero-order chi connectivity index (χ0) is 30.9. The van der Waals surface area contributed by atoms with Crippen LogP contribution in [0.1, 0.15) is 143 Å². The third kappa shape index (κ3) is 21.5. The topological polar surface area (TPSA) is 115 Å². The summed E-state index contributed by atoms with van der Waals surface area (Å²) in [5.41, 5.74) is 0. The zero-order valence-electron chi connectivity index (χ0n) is 26.9.